The van der Waals surface area contributed by atoms with Crippen LogP contribution >= 0.6 is 0 Å². The summed E-state index contributed by atoms with van der Waals surface area (Å²) in [5.74, 6) is 0.419. The number of carbonyl (C=O) groups is 1. The summed E-state index contributed by atoms with van der Waals surface area (Å²) in [5.41, 5.74) is 0.493. The molecule has 0 fully saturated rings. The topological polar surface area (TPSA) is 84.9 Å². The molecule has 0 spiro atoms. The van der Waals surface area contributed by atoms with Crippen molar-refractivity contribution in [2.75, 3.05) is 44.0 Å². The maximum absolute atomic E-state index is 12.2. The van der Waals surface area contributed by atoms with Gasteiger partial charge in [-0.15, -0.1) is 0 Å². The minimum Gasteiger partial charge on any atom is -0.492 e. The molecular weight excluding hydrogens is 344 g/mol. The molecule has 0 aliphatic heterocycles. The zero-order chi connectivity index (χ0) is 18.7. The number of methoxy groups -OCH3 is 1. The van der Waals surface area contributed by atoms with E-state index in [1.54, 1.807) is 31.4 Å². The minimum absolute atomic E-state index is 0.0948. The van der Waals surface area contributed by atoms with Crippen LogP contribution in [0.1, 0.15) is 26.2 Å². The number of benzene rings is 1. The van der Waals surface area contributed by atoms with E-state index in [2.05, 4.69) is 5.32 Å². The first-order chi connectivity index (χ1) is 11.9. The number of anilines is 1. The molecule has 1 aromatic rings. The van der Waals surface area contributed by atoms with E-state index in [0.717, 1.165) is 12.7 Å². The monoisotopic (exact) mass is 372 g/mol. The summed E-state index contributed by atoms with van der Waals surface area (Å²) < 4.78 is 36.1. The second-order valence-corrected chi connectivity index (χ2v) is 7.44. The van der Waals surface area contributed by atoms with Crippen molar-refractivity contribution >= 4 is 21.6 Å². The molecule has 0 unspecified atom stereocenters. The van der Waals surface area contributed by atoms with Crippen LogP contribution in [0.2, 0.25) is 0 Å². The molecule has 0 aromatic heterocycles. The summed E-state index contributed by atoms with van der Waals surface area (Å²) in [6.45, 7) is 3.65. The van der Waals surface area contributed by atoms with Gasteiger partial charge >= 0.3 is 0 Å². The van der Waals surface area contributed by atoms with E-state index in [1.807, 2.05) is 6.92 Å². The molecule has 0 radical (unpaired) electrons. The Labute approximate surface area is 150 Å². The van der Waals surface area contributed by atoms with Crippen LogP contribution in [-0.4, -0.2) is 54.0 Å². The number of nitrogens with one attached hydrogen (secondary N) is 1. The summed E-state index contributed by atoms with van der Waals surface area (Å²) >= 11 is 0. The molecule has 7 nitrogen and oxygen atoms in total. The highest BCUT2D eigenvalue weighted by atomic mass is 32.2. The lowest BCUT2D eigenvalue weighted by Crippen LogP contribution is -2.32. The first-order valence-corrected chi connectivity index (χ1v) is 10.2. The van der Waals surface area contributed by atoms with Crippen molar-refractivity contribution in [3.05, 3.63) is 24.3 Å². The van der Waals surface area contributed by atoms with E-state index in [9.17, 15) is 13.2 Å². The summed E-state index contributed by atoms with van der Waals surface area (Å²) in [5, 5.41) is 2.79. The van der Waals surface area contributed by atoms with Gasteiger partial charge in [0.25, 0.3) is 0 Å². The highest BCUT2D eigenvalue weighted by molar-refractivity contribution is 7.92. The van der Waals surface area contributed by atoms with Gasteiger partial charge in [0.15, 0.2) is 0 Å². The molecule has 0 bridgehead atoms. The number of nitrogens with zero attached hydrogens (tertiary/aromatic N) is 1. The van der Waals surface area contributed by atoms with Gasteiger partial charge in [0, 0.05) is 33.2 Å². The van der Waals surface area contributed by atoms with Gasteiger partial charge in [-0.25, -0.2) is 8.42 Å². The van der Waals surface area contributed by atoms with Crippen LogP contribution in [0, 0.1) is 0 Å². The normalized spacial score (nSPS) is 11.2. The number of hydrogen-bond donors (Lipinski definition) is 1. The van der Waals surface area contributed by atoms with Crippen molar-refractivity contribution in [2.45, 2.75) is 26.2 Å². The SMILES string of the molecule is CCOc1ccccc1N(CCCC(=O)NCCCOC)S(C)(=O)=O. The van der Waals surface area contributed by atoms with Gasteiger partial charge in [-0.3, -0.25) is 9.10 Å². The Bertz CT molecular complexity index is 634. The molecule has 0 saturated heterocycles. The van der Waals surface area contributed by atoms with Crippen molar-refractivity contribution in [1.82, 2.24) is 5.32 Å². The molecule has 0 atom stereocenters. The van der Waals surface area contributed by atoms with Crippen LogP contribution in [0.15, 0.2) is 24.3 Å². The maximum atomic E-state index is 12.2. The fraction of sp³-hybridized carbons (Fsp3) is 0.588. The molecule has 1 aromatic carbocycles. The van der Waals surface area contributed by atoms with Gasteiger partial charge in [-0.2, -0.15) is 0 Å². The van der Waals surface area contributed by atoms with Crippen molar-refractivity contribution in [3.63, 3.8) is 0 Å². The van der Waals surface area contributed by atoms with E-state index in [1.165, 1.54) is 4.31 Å². The first kappa shape index (κ1) is 21.2. The van der Waals surface area contributed by atoms with E-state index < -0.39 is 10.0 Å². The molecule has 1 N–H and O–H groups in total. The molecule has 0 aliphatic rings. The lowest BCUT2D eigenvalue weighted by molar-refractivity contribution is -0.121. The van der Waals surface area contributed by atoms with Crippen LogP contribution in [0.3, 0.4) is 0 Å². The number of rotatable bonds is 12. The minimum atomic E-state index is -3.48. The van der Waals surface area contributed by atoms with E-state index >= 15 is 0 Å². The molecule has 8 heteroatoms. The molecule has 0 heterocycles. The van der Waals surface area contributed by atoms with E-state index in [-0.39, 0.29) is 18.9 Å². The molecule has 25 heavy (non-hydrogen) atoms. The Morgan fingerprint density at radius 2 is 1.96 bits per heavy atom. The highest BCUT2D eigenvalue weighted by Crippen LogP contribution is 2.30. The van der Waals surface area contributed by atoms with Crippen molar-refractivity contribution in [1.29, 1.82) is 0 Å². The van der Waals surface area contributed by atoms with Crippen LogP contribution in [0.4, 0.5) is 5.69 Å². The zero-order valence-electron chi connectivity index (χ0n) is 15.2. The first-order valence-electron chi connectivity index (χ1n) is 8.35. The number of sulfonamides is 1. The average Bonchev–Trinajstić information content (AvgIpc) is 2.56. The smallest absolute Gasteiger partial charge is 0.232 e. The van der Waals surface area contributed by atoms with Crippen molar-refractivity contribution < 1.29 is 22.7 Å². The molecule has 0 aliphatic carbocycles. The molecule has 1 amide bonds. The predicted molar refractivity (Wildman–Crippen MR) is 98.5 cm³/mol. The number of amides is 1. The van der Waals surface area contributed by atoms with E-state index in [4.69, 9.17) is 9.47 Å². The van der Waals surface area contributed by atoms with Gasteiger partial charge in [0.2, 0.25) is 15.9 Å². The number of carbonyl (C=O) groups excluding carboxylic acids is 1. The number of para-hydroxylation sites is 2. The zero-order valence-corrected chi connectivity index (χ0v) is 16.0. The van der Waals surface area contributed by atoms with E-state index in [0.29, 0.717) is 37.6 Å². The summed E-state index contributed by atoms with van der Waals surface area (Å²) in [4.78, 5) is 11.8. The average molecular weight is 372 g/mol. The Morgan fingerprint density at radius 1 is 1.24 bits per heavy atom. The third kappa shape index (κ3) is 7.74. The number of ether oxygens (including phenoxy) is 2. The second kappa shape index (κ2) is 10.9. The second-order valence-electron chi connectivity index (χ2n) is 5.54. The fourth-order valence-corrected chi connectivity index (χ4v) is 3.29. The van der Waals surface area contributed by atoms with Gasteiger partial charge in [0.05, 0.1) is 18.6 Å². The van der Waals surface area contributed by atoms with Crippen LogP contribution in [0.5, 0.6) is 5.75 Å². The Kier molecular flexibility index (Phi) is 9.30. The van der Waals surface area contributed by atoms with Crippen LogP contribution in [-0.2, 0) is 19.6 Å². The fourth-order valence-electron chi connectivity index (χ4n) is 2.32. The molecular formula is C17H28N2O5S. The Balaban J connectivity index is 2.66. The molecule has 0 saturated carbocycles. The largest absolute Gasteiger partial charge is 0.492 e. The Hall–Kier alpha value is -1.80. The van der Waals surface area contributed by atoms with Crippen LogP contribution < -0.4 is 14.4 Å². The third-order valence-electron chi connectivity index (χ3n) is 3.45. The third-order valence-corrected chi connectivity index (χ3v) is 4.63. The quantitative estimate of drug-likeness (QED) is 0.566. The predicted octanol–water partition coefficient (Wildman–Crippen LogP) is 1.78. The Morgan fingerprint density at radius 3 is 2.60 bits per heavy atom. The van der Waals surface area contributed by atoms with Crippen molar-refractivity contribution in [3.8, 4) is 5.75 Å². The summed E-state index contributed by atoms with van der Waals surface area (Å²) in [7, 11) is -1.86. The van der Waals surface area contributed by atoms with Gasteiger partial charge in [-0.1, -0.05) is 12.1 Å². The standard InChI is InChI=1S/C17H28N2O5S/c1-4-24-16-10-6-5-9-15(16)19(25(3,21)22)13-7-11-17(20)18-12-8-14-23-2/h5-6,9-10H,4,7-8,11-14H2,1-3H3,(H,18,20). The lowest BCUT2D eigenvalue weighted by atomic mass is 10.2. The maximum Gasteiger partial charge on any atom is 0.232 e. The van der Waals surface area contributed by atoms with Crippen molar-refractivity contribution in [2.24, 2.45) is 0 Å². The van der Waals surface area contributed by atoms with Crippen LogP contribution in [0.25, 0.3) is 0 Å². The molecule has 1 rings (SSSR count). The highest BCUT2D eigenvalue weighted by Gasteiger charge is 2.21. The molecule has 142 valence electrons. The lowest BCUT2D eigenvalue weighted by Gasteiger charge is -2.24. The number of hydrogen-bond acceptors (Lipinski definition) is 5. The van der Waals surface area contributed by atoms with Gasteiger partial charge in [-0.05, 0) is 31.9 Å². The summed E-state index contributed by atoms with van der Waals surface area (Å²) in [6, 6.07) is 7.00. The summed E-state index contributed by atoms with van der Waals surface area (Å²) in [6.07, 6.45) is 2.58. The van der Waals surface area contributed by atoms with Gasteiger partial charge in [0.1, 0.15) is 5.75 Å². The van der Waals surface area contributed by atoms with Gasteiger partial charge < -0.3 is 14.8 Å².